The van der Waals surface area contributed by atoms with Crippen LogP contribution in [0.3, 0.4) is 0 Å². The van der Waals surface area contributed by atoms with Crippen LogP contribution in [0.5, 0.6) is 5.75 Å². The number of methoxy groups -OCH3 is 1. The predicted octanol–water partition coefficient (Wildman–Crippen LogP) is 2.55. The predicted molar refractivity (Wildman–Crippen MR) is 69.9 cm³/mol. The minimum absolute atomic E-state index is 0.510. The SMILES string of the molecule is COc1ccc(N(O)C(C#N)c2cccnc2)cc1. The van der Waals surface area contributed by atoms with Gasteiger partial charge in [0.25, 0.3) is 0 Å². The molecule has 96 valence electrons. The molecule has 0 fully saturated rings. The van der Waals surface area contributed by atoms with Crippen molar-refractivity contribution >= 4 is 5.69 Å². The van der Waals surface area contributed by atoms with Crippen molar-refractivity contribution in [2.75, 3.05) is 12.2 Å². The van der Waals surface area contributed by atoms with Gasteiger partial charge in [0.2, 0.25) is 0 Å². The van der Waals surface area contributed by atoms with Gasteiger partial charge in [-0.15, -0.1) is 0 Å². The molecule has 1 aromatic heterocycles. The number of ether oxygens (including phenoxy) is 1. The number of nitrogens with zero attached hydrogens (tertiary/aromatic N) is 3. The highest BCUT2D eigenvalue weighted by Crippen LogP contribution is 2.26. The fourth-order valence-corrected chi connectivity index (χ4v) is 1.69. The number of nitriles is 1. The standard InChI is InChI=1S/C14H13N3O2/c1-19-13-6-4-12(5-7-13)17(18)14(9-15)11-3-2-8-16-10-11/h2-8,10,14,18H,1H3. The molecule has 0 aliphatic rings. The average Bonchev–Trinajstić information content (AvgIpc) is 2.49. The van der Waals surface area contributed by atoms with E-state index in [1.165, 1.54) is 0 Å². The molecule has 0 amide bonds. The van der Waals surface area contributed by atoms with Gasteiger partial charge in [0.05, 0.1) is 18.9 Å². The number of anilines is 1. The highest BCUT2D eigenvalue weighted by atomic mass is 16.5. The summed E-state index contributed by atoms with van der Waals surface area (Å²) in [6, 6.07) is 11.5. The van der Waals surface area contributed by atoms with Gasteiger partial charge in [-0.2, -0.15) is 5.26 Å². The quantitative estimate of drug-likeness (QED) is 0.850. The molecule has 0 aliphatic carbocycles. The Morgan fingerprint density at radius 1 is 1.32 bits per heavy atom. The van der Waals surface area contributed by atoms with Crippen LogP contribution in [0.1, 0.15) is 11.6 Å². The van der Waals surface area contributed by atoms with Crippen molar-refractivity contribution in [3.63, 3.8) is 0 Å². The van der Waals surface area contributed by atoms with Crippen LogP contribution in [-0.2, 0) is 0 Å². The summed E-state index contributed by atoms with van der Waals surface area (Å²) >= 11 is 0. The number of rotatable bonds is 4. The summed E-state index contributed by atoms with van der Waals surface area (Å²) in [7, 11) is 1.57. The van der Waals surface area contributed by atoms with Crippen LogP contribution < -0.4 is 9.80 Å². The van der Waals surface area contributed by atoms with E-state index in [1.807, 2.05) is 6.07 Å². The van der Waals surface area contributed by atoms with Crippen LogP contribution in [0.25, 0.3) is 0 Å². The molecule has 5 heteroatoms. The molecule has 0 aliphatic heterocycles. The van der Waals surface area contributed by atoms with Crippen molar-refractivity contribution in [2.45, 2.75) is 6.04 Å². The Kier molecular flexibility index (Phi) is 3.96. The summed E-state index contributed by atoms with van der Waals surface area (Å²) in [5.74, 6) is 0.687. The van der Waals surface area contributed by atoms with Gasteiger partial charge in [-0.3, -0.25) is 10.2 Å². The Morgan fingerprint density at radius 2 is 2.05 bits per heavy atom. The van der Waals surface area contributed by atoms with Crippen molar-refractivity contribution in [3.05, 3.63) is 54.4 Å². The first-order valence-corrected chi connectivity index (χ1v) is 5.68. The number of hydrogen-bond acceptors (Lipinski definition) is 5. The van der Waals surface area contributed by atoms with Gasteiger partial charge >= 0.3 is 0 Å². The van der Waals surface area contributed by atoms with E-state index in [0.29, 0.717) is 17.0 Å². The summed E-state index contributed by atoms with van der Waals surface area (Å²) < 4.78 is 5.05. The number of benzene rings is 1. The van der Waals surface area contributed by atoms with Gasteiger partial charge in [0.1, 0.15) is 5.75 Å². The first-order valence-electron chi connectivity index (χ1n) is 5.68. The lowest BCUT2D eigenvalue weighted by molar-refractivity contribution is 0.235. The molecule has 0 saturated heterocycles. The van der Waals surface area contributed by atoms with Crippen molar-refractivity contribution in [1.29, 1.82) is 5.26 Å². The van der Waals surface area contributed by atoms with Gasteiger partial charge in [0.15, 0.2) is 6.04 Å². The highest BCUT2D eigenvalue weighted by Gasteiger charge is 2.19. The minimum Gasteiger partial charge on any atom is -0.497 e. The second-order valence-corrected chi connectivity index (χ2v) is 3.86. The maximum absolute atomic E-state index is 10.1. The molecule has 1 heterocycles. The van der Waals surface area contributed by atoms with Gasteiger partial charge in [-0.1, -0.05) is 6.07 Å². The van der Waals surface area contributed by atoms with Gasteiger partial charge in [-0.25, -0.2) is 5.06 Å². The van der Waals surface area contributed by atoms with Crippen LogP contribution in [0.15, 0.2) is 48.8 Å². The topological polar surface area (TPSA) is 69.4 Å². The third-order valence-electron chi connectivity index (χ3n) is 2.70. The summed E-state index contributed by atoms with van der Waals surface area (Å²) in [5.41, 5.74) is 1.14. The molecule has 1 atom stereocenters. The first-order chi connectivity index (χ1) is 9.26. The molecular formula is C14H13N3O2. The Bertz CT molecular complexity index is 563. The molecular weight excluding hydrogens is 242 g/mol. The van der Waals surface area contributed by atoms with Crippen LogP contribution in [0.2, 0.25) is 0 Å². The van der Waals surface area contributed by atoms with Gasteiger partial charge in [-0.05, 0) is 30.3 Å². The molecule has 1 N–H and O–H groups in total. The molecule has 1 aromatic carbocycles. The smallest absolute Gasteiger partial charge is 0.169 e. The van der Waals surface area contributed by atoms with Gasteiger partial charge < -0.3 is 4.74 Å². The molecule has 2 aromatic rings. The highest BCUT2D eigenvalue weighted by molar-refractivity contribution is 5.50. The van der Waals surface area contributed by atoms with Crippen molar-refractivity contribution in [3.8, 4) is 11.8 Å². The Hall–Kier alpha value is -2.58. The van der Waals surface area contributed by atoms with E-state index in [9.17, 15) is 10.5 Å². The Balaban J connectivity index is 2.26. The number of aromatic nitrogens is 1. The Labute approximate surface area is 111 Å². The monoisotopic (exact) mass is 255 g/mol. The largest absolute Gasteiger partial charge is 0.497 e. The molecule has 2 rings (SSSR count). The zero-order valence-electron chi connectivity index (χ0n) is 10.4. The summed E-state index contributed by atoms with van der Waals surface area (Å²) in [6.45, 7) is 0. The average molecular weight is 255 g/mol. The molecule has 0 spiro atoms. The van der Waals surface area contributed by atoms with Crippen molar-refractivity contribution < 1.29 is 9.94 Å². The maximum Gasteiger partial charge on any atom is 0.169 e. The second-order valence-electron chi connectivity index (χ2n) is 3.86. The Morgan fingerprint density at radius 3 is 2.58 bits per heavy atom. The lowest BCUT2D eigenvalue weighted by atomic mass is 10.1. The van der Waals surface area contributed by atoms with E-state index in [1.54, 1.807) is 55.9 Å². The first kappa shape index (κ1) is 12.9. The van der Waals surface area contributed by atoms with E-state index in [2.05, 4.69) is 4.98 Å². The molecule has 5 nitrogen and oxygen atoms in total. The van der Waals surface area contributed by atoms with Crippen LogP contribution >= 0.6 is 0 Å². The van der Waals surface area contributed by atoms with E-state index < -0.39 is 6.04 Å². The van der Waals surface area contributed by atoms with Crippen LogP contribution in [0, 0.1) is 11.3 Å². The molecule has 1 unspecified atom stereocenters. The summed E-state index contributed by atoms with van der Waals surface area (Å²) in [4.78, 5) is 3.95. The third-order valence-corrected chi connectivity index (χ3v) is 2.70. The van der Waals surface area contributed by atoms with Crippen LogP contribution in [0.4, 0.5) is 5.69 Å². The fourth-order valence-electron chi connectivity index (χ4n) is 1.69. The van der Waals surface area contributed by atoms with E-state index in [-0.39, 0.29) is 0 Å². The van der Waals surface area contributed by atoms with Crippen molar-refractivity contribution in [1.82, 2.24) is 4.98 Å². The van der Waals surface area contributed by atoms with E-state index >= 15 is 0 Å². The number of hydrogen-bond donors (Lipinski definition) is 1. The lowest BCUT2D eigenvalue weighted by Gasteiger charge is -2.22. The number of hydroxylamine groups is 1. The molecule has 0 bridgehead atoms. The second kappa shape index (κ2) is 5.85. The fraction of sp³-hybridized carbons (Fsp3) is 0.143. The molecule has 0 radical (unpaired) electrons. The molecule has 0 saturated carbocycles. The zero-order valence-corrected chi connectivity index (χ0v) is 10.4. The number of pyridine rings is 1. The van der Waals surface area contributed by atoms with E-state index in [4.69, 9.17) is 4.74 Å². The van der Waals surface area contributed by atoms with Crippen molar-refractivity contribution in [2.24, 2.45) is 0 Å². The summed E-state index contributed by atoms with van der Waals surface area (Å²) in [5, 5.41) is 20.3. The van der Waals surface area contributed by atoms with Gasteiger partial charge in [0, 0.05) is 18.0 Å². The summed E-state index contributed by atoms with van der Waals surface area (Å²) in [6.07, 6.45) is 3.17. The molecule has 19 heavy (non-hydrogen) atoms. The van der Waals surface area contributed by atoms with E-state index in [0.717, 1.165) is 5.06 Å². The minimum atomic E-state index is -0.804. The third kappa shape index (κ3) is 2.81. The van der Waals surface area contributed by atoms with Crippen LogP contribution in [-0.4, -0.2) is 17.3 Å². The normalized spacial score (nSPS) is 11.4. The maximum atomic E-state index is 10.1. The zero-order chi connectivity index (χ0) is 13.7. The lowest BCUT2D eigenvalue weighted by Crippen LogP contribution is -2.23.